The first-order chi connectivity index (χ1) is 8.28. The number of rotatable bonds is 4. The van der Waals surface area contributed by atoms with Gasteiger partial charge in [-0.15, -0.1) is 0 Å². The van der Waals surface area contributed by atoms with Crippen molar-refractivity contribution in [1.29, 1.82) is 0 Å². The molecule has 0 spiro atoms. The van der Waals surface area contributed by atoms with E-state index in [0.717, 1.165) is 19.0 Å². The van der Waals surface area contributed by atoms with Gasteiger partial charge in [0.25, 0.3) is 0 Å². The first-order valence-corrected chi connectivity index (χ1v) is 6.43. The largest absolute Gasteiger partial charge is 0.508 e. The molecule has 17 heavy (non-hydrogen) atoms. The van der Waals surface area contributed by atoms with E-state index in [0.29, 0.717) is 5.75 Å². The molecule has 1 aromatic carbocycles. The van der Waals surface area contributed by atoms with Gasteiger partial charge >= 0.3 is 0 Å². The maximum Gasteiger partial charge on any atom is 0.115 e. The number of hydrogen-bond acceptors (Lipinski definition) is 3. The highest BCUT2D eigenvalue weighted by atomic mass is 16.3. The summed E-state index contributed by atoms with van der Waals surface area (Å²) in [5.41, 5.74) is 1.21. The SMILES string of the molecule is CNCC1CCN(Cc2cccc(O)c2)CC1. The number of benzene rings is 1. The molecule has 0 unspecified atom stereocenters. The van der Waals surface area contributed by atoms with Crippen molar-refractivity contribution in [3.63, 3.8) is 0 Å². The lowest BCUT2D eigenvalue weighted by Gasteiger charge is -2.31. The van der Waals surface area contributed by atoms with E-state index in [1.807, 2.05) is 19.2 Å². The summed E-state index contributed by atoms with van der Waals surface area (Å²) in [6, 6.07) is 7.58. The van der Waals surface area contributed by atoms with E-state index in [9.17, 15) is 5.11 Å². The van der Waals surface area contributed by atoms with Gasteiger partial charge in [0.15, 0.2) is 0 Å². The summed E-state index contributed by atoms with van der Waals surface area (Å²) in [5, 5.41) is 12.7. The lowest BCUT2D eigenvalue weighted by molar-refractivity contribution is 0.176. The Bertz CT molecular complexity index is 346. The lowest BCUT2D eigenvalue weighted by Crippen LogP contribution is -2.36. The Morgan fingerprint density at radius 1 is 1.35 bits per heavy atom. The van der Waals surface area contributed by atoms with E-state index in [-0.39, 0.29) is 0 Å². The molecular formula is C14H22N2O. The minimum atomic E-state index is 0.368. The monoisotopic (exact) mass is 234 g/mol. The molecule has 1 aliphatic rings. The van der Waals surface area contributed by atoms with Crippen molar-refractivity contribution < 1.29 is 5.11 Å². The number of piperidine rings is 1. The van der Waals surface area contributed by atoms with E-state index in [1.165, 1.54) is 31.5 Å². The van der Waals surface area contributed by atoms with Gasteiger partial charge in [-0.05, 0) is 63.1 Å². The predicted octanol–water partition coefficient (Wildman–Crippen LogP) is 1.82. The van der Waals surface area contributed by atoms with Crippen molar-refractivity contribution >= 4 is 0 Å². The average Bonchev–Trinajstić information content (AvgIpc) is 2.32. The van der Waals surface area contributed by atoms with Crippen LogP contribution in [0.5, 0.6) is 5.75 Å². The van der Waals surface area contributed by atoms with Crippen molar-refractivity contribution in [3.05, 3.63) is 29.8 Å². The van der Waals surface area contributed by atoms with Gasteiger partial charge in [-0.3, -0.25) is 4.90 Å². The van der Waals surface area contributed by atoms with Crippen LogP contribution in [0, 0.1) is 5.92 Å². The molecule has 3 heteroatoms. The summed E-state index contributed by atoms with van der Waals surface area (Å²) >= 11 is 0. The zero-order valence-electron chi connectivity index (χ0n) is 10.5. The highest BCUT2D eigenvalue weighted by Crippen LogP contribution is 2.19. The Labute approximate surface area is 103 Å². The van der Waals surface area contributed by atoms with Gasteiger partial charge in [-0.25, -0.2) is 0 Å². The summed E-state index contributed by atoms with van der Waals surface area (Å²) in [7, 11) is 2.03. The second-order valence-electron chi connectivity index (χ2n) is 4.95. The normalized spacial score (nSPS) is 18.4. The third kappa shape index (κ3) is 3.72. The number of nitrogens with zero attached hydrogens (tertiary/aromatic N) is 1. The minimum Gasteiger partial charge on any atom is -0.508 e. The molecule has 0 aliphatic carbocycles. The number of likely N-dealkylation sites (tertiary alicyclic amines) is 1. The van der Waals surface area contributed by atoms with Crippen LogP contribution in [-0.4, -0.2) is 36.7 Å². The second kappa shape index (κ2) is 6.03. The highest BCUT2D eigenvalue weighted by molar-refractivity contribution is 5.27. The molecule has 2 rings (SSSR count). The van der Waals surface area contributed by atoms with Gasteiger partial charge in [0.1, 0.15) is 5.75 Å². The van der Waals surface area contributed by atoms with Gasteiger partial charge in [-0.1, -0.05) is 12.1 Å². The zero-order chi connectivity index (χ0) is 12.1. The third-order valence-corrected chi connectivity index (χ3v) is 3.52. The molecule has 0 aromatic heterocycles. The third-order valence-electron chi connectivity index (χ3n) is 3.52. The summed E-state index contributed by atoms with van der Waals surface area (Å²) in [6.07, 6.45) is 2.55. The van der Waals surface area contributed by atoms with Crippen LogP contribution in [0.4, 0.5) is 0 Å². The molecular weight excluding hydrogens is 212 g/mol. The summed E-state index contributed by atoms with van der Waals surface area (Å²) in [5.74, 6) is 1.20. The van der Waals surface area contributed by atoms with E-state index in [2.05, 4.69) is 16.3 Å². The second-order valence-corrected chi connectivity index (χ2v) is 4.95. The predicted molar refractivity (Wildman–Crippen MR) is 70.0 cm³/mol. The molecule has 0 radical (unpaired) electrons. The molecule has 1 saturated heterocycles. The van der Waals surface area contributed by atoms with Gasteiger partial charge in [0.2, 0.25) is 0 Å². The molecule has 0 bridgehead atoms. The van der Waals surface area contributed by atoms with Gasteiger partial charge in [0, 0.05) is 6.54 Å². The Kier molecular flexibility index (Phi) is 4.40. The van der Waals surface area contributed by atoms with Crippen LogP contribution in [-0.2, 0) is 6.54 Å². The van der Waals surface area contributed by atoms with Crippen molar-refractivity contribution in [2.45, 2.75) is 19.4 Å². The highest BCUT2D eigenvalue weighted by Gasteiger charge is 2.18. The Hall–Kier alpha value is -1.06. The van der Waals surface area contributed by atoms with Crippen LogP contribution < -0.4 is 5.32 Å². The van der Waals surface area contributed by atoms with Gasteiger partial charge < -0.3 is 10.4 Å². The lowest BCUT2D eigenvalue weighted by atomic mass is 9.96. The maximum absolute atomic E-state index is 9.43. The van der Waals surface area contributed by atoms with Crippen LogP contribution >= 0.6 is 0 Å². The number of aromatic hydroxyl groups is 1. The molecule has 94 valence electrons. The number of hydrogen-bond donors (Lipinski definition) is 2. The first-order valence-electron chi connectivity index (χ1n) is 6.43. The van der Waals surface area contributed by atoms with Crippen LogP contribution in [0.3, 0.4) is 0 Å². The first kappa shape index (κ1) is 12.4. The molecule has 0 saturated carbocycles. The summed E-state index contributed by atoms with van der Waals surface area (Å²) in [4.78, 5) is 2.47. The fourth-order valence-corrected chi connectivity index (χ4v) is 2.55. The van der Waals surface area contributed by atoms with Gasteiger partial charge in [0.05, 0.1) is 0 Å². The smallest absolute Gasteiger partial charge is 0.115 e. The maximum atomic E-state index is 9.43. The average molecular weight is 234 g/mol. The van der Waals surface area contributed by atoms with Crippen molar-refractivity contribution in [1.82, 2.24) is 10.2 Å². The zero-order valence-corrected chi connectivity index (χ0v) is 10.5. The minimum absolute atomic E-state index is 0.368. The molecule has 2 N–H and O–H groups in total. The Morgan fingerprint density at radius 2 is 2.12 bits per heavy atom. The van der Waals surface area contributed by atoms with Crippen molar-refractivity contribution in [3.8, 4) is 5.75 Å². The van der Waals surface area contributed by atoms with E-state index in [1.54, 1.807) is 6.07 Å². The quantitative estimate of drug-likeness (QED) is 0.834. The topological polar surface area (TPSA) is 35.5 Å². The number of nitrogens with one attached hydrogen (secondary N) is 1. The molecule has 1 aliphatic heterocycles. The van der Waals surface area contributed by atoms with Crippen LogP contribution in [0.2, 0.25) is 0 Å². The Morgan fingerprint density at radius 3 is 2.76 bits per heavy atom. The molecule has 0 amide bonds. The van der Waals surface area contributed by atoms with E-state index in [4.69, 9.17) is 0 Å². The fraction of sp³-hybridized carbons (Fsp3) is 0.571. The Balaban J connectivity index is 1.82. The molecule has 0 atom stereocenters. The summed E-state index contributed by atoms with van der Waals surface area (Å²) < 4.78 is 0. The van der Waals surface area contributed by atoms with E-state index < -0.39 is 0 Å². The van der Waals surface area contributed by atoms with Crippen LogP contribution in [0.15, 0.2) is 24.3 Å². The van der Waals surface area contributed by atoms with Crippen molar-refractivity contribution in [2.24, 2.45) is 5.92 Å². The van der Waals surface area contributed by atoms with Gasteiger partial charge in [-0.2, -0.15) is 0 Å². The van der Waals surface area contributed by atoms with E-state index >= 15 is 0 Å². The fourth-order valence-electron chi connectivity index (χ4n) is 2.55. The number of phenols is 1. The number of phenolic OH excluding ortho intramolecular Hbond substituents is 1. The molecule has 1 aromatic rings. The van der Waals surface area contributed by atoms with Crippen LogP contribution in [0.1, 0.15) is 18.4 Å². The molecule has 1 heterocycles. The van der Waals surface area contributed by atoms with Crippen LogP contribution in [0.25, 0.3) is 0 Å². The molecule has 3 nitrogen and oxygen atoms in total. The summed E-state index contributed by atoms with van der Waals surface area (Å²) in [6.45, 7) is 4.44. The molecule has 1 fully saturated rings. The van der Waals surface area contributed by atoms with Crippen molar-refractivity contribution in [2.75, 3.05) is 26.7 Å². The standard InChI is InChI=1S/C14H22N2O/c1-15-10-12-5-7-16(8-6-12)11-13-3-2-4-14(17)9-13/h2-4,9,12,15,17H,5-8,10-11H2,1H3.